The van der Waals surface area contributed by atoms with Gasteiger partial charge in [-0.05, 0) is 19.4 Å². The summed E-state index contributed by atoms with van der Waals surface area (Å²) in [4.78, 5) is 0. The number of rotatable bonds is 6. The minimum absolute atomic E-state index is 0.800. The molecule has 0 aliphatic carbocycles. The van der Waals surface area contributed by atoms with Crippen molar-refractivity contribution < 1.29 is 8.85 Å². The van der Waals surface area contributed by atoms with Gasteiger partial charge in [0.05, 0.1) is 0 Å². The lowest BCUT2D eigenvalue weighted by molar-refractivity contribution is 0.205. The Bertz CT molecular complexity index is 68.6. The van der Waals surface area contributed by atoms with Crippen molar-refractivity contribution in [3.63, 3.8) is 0 Å². The van der Waals surface area contributed by atoms with Crippen LogP contribution >= 0.6 is 0 Å². The van der Waals surface area contributed by atoms with Crippen LogP contribution in [0.4, 0.5) is 0 Å². The van der Waals surface area contributed by atoms with Crippen LogP contribution in [0.2, 0.25) is 6.04 Å². The van der Waals surface area contributed by atoms with Crippen LogP contribution in [0.3, 0.4) is 0 Å². The largest absolute Gasteiger partial charge is 0.397 e. The lowest BCUT2D eigenvalue weighted by Gasteiger charge is -2.12. The van der Waals surface area contributed by atoms with Crippen molar-refractivity contribution in [1.82, 2.24) is 0 Å². The minimum Gasteiger partial charge on any atom is -0.397 e. The van der Waals surface area contributed by atoms with Crippen molar-refractivity contribution in [3.8, 4) is 0 Å². The molecule has 0 amide bonds. The Morgan fingerprint density at radius 1 is 1.10 bits per heavy atom. The van der Waals surface area contributed by atoms with Crippen LogP contribution in [-0.4, -0.2) is 22.5 Å². The molecule has 0 N–H and O–H groups in total. The van der Waals surface area contributed by atoms with E-state index in [4.69, 9.17) is 8.85 Å². The van der Waals surface area contributed by atoms with Gasteiger partial charge in [-0.1, -0.05) is 13.8 Å². The molecule has 0 aliphatic rings. The second-order valence-electron chi connectivity index (χ2n) is 2.16. The van der Waals surface area contributed by atoms with Gasteiger partial charge in [0.15, 0.2) is 0 Å². The summed E-state index contributed by atoms with van der Waals surface area (Å²) in [6, 6.07) is 1.08. The smallest absolute Gasteiger partial charge is 0.321 e. The monoisotopic (exact) mass is 162 g/mol. The van der Waals surface area contributed by atoms with Crippen molar-refractivity contribution >= 4 is 9.28 Å². The molecule has 0 heterocycles. The van der Waals surface area contributed by atoms with Gasteiger partial charge in [0, 0.05) is 13.2 Å². The zero-order valence-corrected chi connectivity index (χ0v) is 8.38. The molecule has 0 aromatic heterocycles. The maximum absolute atomic E-state index is 5.50. The van der Waals surface area contributed by atoms with Gasteiger partial charge >= 0.3 is 9.28 Å². The Hall–Kier alpha value is 0.137. The highest BCUT2D eigenvalue weighted by atomic mass is 28.3. The Balaban J connectivity index is 3.21. The van der Waals surface area contributed by atoms with E-state index in [-0.39, 0.29) is 0 Å². The van der Waals surface area contributed by atoms with Crippen LogP contribution in [0.15, 0.2) is 0 Å². The first kappa shape index (κ1) is 10.1. The van der Waals surface area contributed by atoms with E-state index in [0.29, 0.717) is 0 Å². The van der Waals surface area contributed by atoms with E-state index in [1.165, 1.54) is 0 Å². The predicted molar refractivity (Wildman–Crippen MR) is 45.5 cm³/mol. The molecule has 1 atom stereocenters. The molecule has 0 spiro atoms. The normalized spacial score (nSPS) is 13.5. The molecule has 0 aromatic carbocycles. The summed E-state index contributed by atoms with van der Waals surface area (Å²) in [5.41, 5.74) is 0. The SMILES string of the molecule is CCCO[SiH](CC)OCC. The van der Waals surface area contributed by atoms with Crippen LogP contribution in [0, 0.1) is 0 Å². The second kappa shape index (κ2) is 7.25. The molecule has 2 nitrogen and oxygen atoms in total. The van der Waals surface area contributed by atoms with E-state index in [1.54, 1.807) is 0 Å². The van der Waals surface area contributed by atoms with Crippen LogP contribution in [-0.2, 0) is 8.85 Å². The van der Waals surface area contributed by atoms with E-state index in [2.05, 4.69) is 13.8 Å². The van der Waals surface area contributed by atoms with Crippen molar-refractivity contribution in [1.29, 1.82) is 0 Å². The van der Waals surface area contributed by atoms with Crippen LogP contribution in [0.25, 0.3) is 0 Å². The maximum Gasteiger partial charge on any atom is 0.321 e. The van der Waals surface area contributed by atoms with Gasteiger partial charge in [0.2, 0.25) is 0 Å². The first-order chi connectivity index (χ1) is 4.85. The van der Waals surface area contributed by atoms with E-state index in [1.807, 2.05) is 6.92 Å². The highest BCUT2D eigenvalue weighted by Crippen LogP contribution is 1.96. The average molecular weight is 162 g/mol. The van der Waals surface area contributed by atoms with Crippen molar-refractivity contribution in [2.45, 2.75) is 33.2 Å². The zero-order valence-electron chi connectivity index (χ0n) is 7.22. The van der Waals surface area contributed by atoms with E-state index >= 15 is 0 Å². The third-order valence-corrected chi connectivity index (χ3v) is 3.17. The molecule has 3 heteroatoms. The molecule has 0 aliphatic heterocycles. The van der Waals surface area contributed by atoms with Gasteiger partial charge in [-0.3, -0.25) is 0 Å². The van der Waals surface area contributed by atoms with Crippen molar-refractivity contribution in [2.24, 2.45) is 0 Å². The summed E-state index contributed by atoms with van der Waals surface area (Å²) >= 11 is 0. The number of hydrogen-bond acceptors (Lipinski definition) is 2. The first-order valence-corrected chi connectivity index (χ1v) is 5.84. The van der Waals surface area contributed by atoms with Gasteiger partial charge in [-0.2, -0.15) is 0 Å². The van der Waals surface area contributed by atoms with E-state index in [0.717, 1.165) is 25.7 Å². The molecule has 0 saturated carbocycles. The number of hydrogen-bond donors (Lipinski definition) is 0. The lowest BCUT2D eigenvalue weighted by Crippen LogP contribution is -2.21. The summed E-state index contributed by atoms with van der Waals surface area (Å²) in [6.07, 6.45) is 1.09. The van der Waals surface area contributed by atoms with Gasteiger partial charge in [-0.25, -0.2) is 0 Å². The summed E-state index contributed by atoms with van der Waals surface area (Å²) in [5.74, 6) is 0. The highest BCUT2D eigenvalue weighted by molar-refractivity contribution is 6.44. The minimum atomic E-state index is -1.23. The molecule has 0 radical (unpaired) electrons. The maximum atomic E-state index is 5.50. The molecule has 1 unspecified atom stereocenters. The zero-order chi connectivity index (χ0) is 7.82. The van der Waals surface area contributed by atoms with Gasteiger partial charge in [-0.15, -0.1) is 0 Å². The first-order valence-electron chi connectivity index (χ1n) is 4.08. The van der Waals surface area contributed by atoms with Gasteiger partial charge < -0.3 is 8.85 Å². The van der Waals surface area contributed by atoms with E-state index in [9.17, 15) is 0 Å². The summed E-state index contributed by atoms with van der Waals surface area (Å²) < 4.78 is 10.9. The summed E-state index contributed by atoms with van der Waals surface area (Å²) in [5, 5.41) is 0. The Kier molecular flexibility index (Phi) is 7.35. The third kappa shape index (κ3) is 4.96. The van der Waals surface area contributed by atoms with Gasteiger partial charge in [0.1, 0.15) is 0 Å². The van der Waals surface area contributed by atoms with Crippen LogP contribution < -0.4 is 0 Å². The quantitative estimate of drug-likeness (QED) is 0.553. The molecular weight excluding hydrogens is 144 g/mol. The Morgan fingerprint density at radius 3 is 2.20 bits per heavy atom. The van der Waals surface area contributed by atoms with E-state index < -0.39 is 9.28 Å². The molecule has 10 heavy (non-hydrogen) atoms. The molecule has 0 bridgehead atoms. The molecule has 62 valence electrons. The average Bonchev–Trinajstić information content (AvgIpc) is 1.98. The lowest BCUT2D eigenvalue weighted by atomic mass is 10.5. The second-order valence-corrected chi connectivity index (χ2v) is 4.51. The van der Waals surface area contributed by atoms with Crippen LogP contribution in [0.1, 0.15) is 27.2 Å². The molecule has 0 fully saturated rings. The third-order valence-electron chi connectivity index (χ3n) is 1.19. The topological polar surface area (TPSA) is 18.5 Å². The molecule has 0 rings (SSSR count). The molecule has 0 aromatic rings. The fourth-order valence-electron chi connectivity index (χ4n) is 0.719. The summed E-state index contributed by atoms with van der Waals surface area (Å²) in [7, 11) is -1.23. The fraction of sp³-hybridized carbons (Fsp3) is 1.00. The molecule has 0 saturated heterocycles. The fourth-order valence-corrected chi connectivity index (χ4v) is 2.16. The van der Waals surface area contributed by atoms with Crippen molar-refractivity contribution in [2.75, 3.05) is 13.2 Å². The Labute approximate surface area is 65.4 Å². The molecular formula is C7H18O2Si. The standard InChI is InChI=1S/C7H18O2Si/c1-4-7-9-10(6-3)8-5-2/h10H,4-7H2,1-3H3. The highest BCUT2D eigenvalue weighted by Gasteiger charge is 2.07. The Morgan fingerprint density at radius 2 is 1.80 bits per heavy atom. The predicted octanol–water partition coefficient (Wildman–Crippen LogP) is 1.69. The van der Waals surface area contributed by atoms with Crippen molar-refractivity contribution in [3.05, 3.63) is 0 Å². The summed E-state index contributed by atoms with van der Waals surface area (Å²) in [6.45, 7) is 7.93. The van der Waals surface area contributed by atoms with Gasteiger partial charge in [0.25, 0.3) is 0 Å². The van der Waals surface area contributed by atoms with Crippen LogP contribution in [0.5, 0.6) is 0 Å².